The first-order valence-electron chi connectivity index (χ1n) is 6.98. The summed E-state index contributed by atoms with van der Waals surface area (Å²) in [5.41, 5.74) is 9.47. The molecule has 4 heteroatoms. The van der Waals surface area contributed by atoms with Gasteiger partial charge in [-0.15, -0.1) is 0 Å². The number of nitrogens with two attached hydrogens (primary N) is 1. The second-order valence-electron chi connectivity index (χ2n) is 5.21. The van der Waals surface area contributed by atoms with Gasteiger partial charge in [-0.05, 0) is 35.7 Å². The third kappa shape index (κ3) is 2.57. The van der Waals surface area contributed by atoms with Crippen molar-refractivity contribution >= 4 is 11.6 Å². The molecule has 4 nitrogen and oxygen atoms in total. The highest BCUT2D eigenvalue weighted by atomic mass is 16.5. The molecule has 2 aromatic carbocycles. The third-order valence-corrected chi connectivity index (χ3v) is 3.85. The van der Waals surface area contributed by atoms with E-state index in [1.807, 2.05) is 47.4 Å². The van der Waals surface area contributed by atoms with Gasteiger partial charge in [0.1, 0.15) is 5.75 Å². The number of hydrogen-bond acceptors (Lipinski definition) is 3. The second-order valence-corrected chi connectivity index (χ2v) is 5.21. The van der Waals surface area contributed by atoms with Crippen molar-refractivity contribution in [2.45, 2.75) is 13.0 Å². The van der Waals surface area contributed by atoms with Gasteiger partial charge in [-0.25, -0.2) is 0 Å². The Bertz CT molecular complexity index is 682. The number of hydrogen-bond donors (Lipinski definition) is 1. The summed E-state index contributed by atoms with van der Waals surface area (Å²) in [5, 5.41) is 0. The Morgan fingerprint density at radius 2 is 2.05 bits per heavy atom. The summed E-state index contributed by atoms with van der Waals surface area (Å²) in [6.07, 6.45) is 0.896. The first kappa shape index (κ1) is 13.5. The van der Waals surface area contributed by atoms with Crippen LogP contribution in [-0.4, -0.2) is 24.5 Å². The summed E-state index contributed by atoms with van der Waals surface area (Å²) in [6.45, 7) is 1.31. The number of amides is 1. The van der Waals surface area contributed by atoms with Crippen LogP contribution in [0.5, 0.6) is 5.75 Å². The number of nitrogen functional groups attached to an aromatic ring is 1. The largest absolute Gasteiger partial charge is 0.495 e. The summed E-state index contributed by atoms with van der Waals surface area (Å²) < 4.78 is 5.15. The van der Waals surface area contributed by atoms with E-state index in [-0.39, 0.29) is 5.91 Å². The number of carbonyl (C=O) groups is 1. The molecule has 0 bridgehead atoms. The van der Waals surface area contributed by atoms with E-state index in [0.717, 1.165) is 29.7 Å². The number of benzene rings is 2. The summed E-state index contributed by atoms with van der Waals surface area (Å²) >= 11 is 0. The molecule has 1 amide bonds. The van der Waals surface area contributed by atoms with Gasteiger partial charge in [0.05, 0.1) is 12.8 Å². The summed E-state index contributed by atoms with van der Waals surface area (Å²) in [7, 11) is 1.59. The van der Waals surface area contributed by atoms with Gasteiger partial charge in [-0.2, -0.15) is 0 Å². The van der Waals surface area contributed by atoms with Crippen molar-refractivity contribution in [1.29, 1.82) is 0 Å². The van der Waals surface area contributed by atoms with Crippen LogP contribution in [-0.2, 0) is 13.0 Å². The van der Waals surface area contributed by atoms with Crippen molar-refractivity contribution in [3.8, 4) is 5.75 Å². The normalized spacial score (nSPS) is 14.0. The van der Waals surface area contributed by atoms with Gasteiger partial charge in [-0.3, -0.25) is 4.79 Å². The van der Waals surface area contributed by atoms with Gasteiger partial charge in [0.25, 0.3) is 5.91 Å². The van der Waals surface area contributed by atoms with Crippen LogP contribution in [0.1, 0.15) is 21.5 Å². The molecule has 21 heavy (non-hydrogen) atoms. The average Bonchev–Trinajstić information content (AvgIpc) is 2.51. The highest BCUT2D eigenvalue weighted by Crippen LogP contribution is 2.25. The van der Waals surface area contributed by atoms with Gasteiger partial charge >= 0.3 is 0 Å². The minimum atomic E-state index is 0.0891. The number of nitrogens with zero attached hydrogens (tertiary/aromatic N) is 1. The number of anilines is 1. The molecule has 0 spiro atoms. The van der Waals surface area contributed by atoms with Gasteiger partial charge in [0.15, 0.2) is 0 Å². The topological polar surface area (TPSA) is 55.6 Å². The lowest BCUT2D eigenvalue weighted by Crippen LogP contribution is -2.36. The molecule has 1 heterocycles. The smallest absolute Gasteiger partial charge is 0.254 e. The fourth-order valence-corrected chi connectivity index (χ4v) is 2.73. The van der Waals surface area contributed by atoms with Crippen LogP contribution in [0.25, 0.3) is 0 Å². The summed E-state index contributed by atoms with van der Waals surface area (Å²) in [6, 6.07) is 13.5. The van der Waals surface area contributed by atoms with E-state index < -0.39 is 0 Å². The van der Waals surface area contributed by atoms with Gasteiger partial charge in [0.2, 0.25) is 0 Å². The second kappa shape index (κ2) is 5.48. The van der Waals surface area contributed by atoms with Crippen molar-refractivity contribution in [2.24, 2.45) is 0 Å². The minimum absolute atomic E-state index is 0.0891. The zero-order valence-corrected chi connectivity index (χ0v) is 12.0. The minimum Gasteiger partial charge on any atom is -0.495 e. The lowest BCUT2D eigenvalue weighted by Gasteiger charge is -2.28. The van der Waals surface area contributed by atoms with Gasteiger partial charge in [-0.1, -0.05) is 24.3 Å². The molecule has 108 valence electrons. The van der Waals surface area contributed by atoms with Crippen LogP contribution < -0.4 is 10.5 Å². The molecule has 0 saturated carbocycles. The number of rotatable bonds is 3. The number of methoxy groups -OCH3 is 1. The number of ether oxygens (including phenoxy) is 1. The molecule has 0 unspecified atom stereocenters. The fourth-order valence-electron chi connectivity index (χ4n) is 2.73. The molecule has 0 fully saturated rings. The Balaban J connectivity index is 1.80. The summed E-state index contributed by atoms with van der Waals surface area (Å²) in [4.78, 5) is 14.4. The van der Waals surface area contributed by atoms with E-state index in [1.165, 1.54) is 0 Å². The molecule has 0 radical (unpaired) electrons. The van der Waals surface area contributed by atoms with Gasteiger partial charge < -0.3 is 15.4 Å². The maximum Gasteiger partial charge on any atom is 0.254 e. The van der Waals surface area contributed by atoms with E-state index in [1.54, 1.807) is 7.11 Å². The number of carbonyl (C=O) groups excluding carboxylic acids is 1. The molecule has 3 rings (SSSR count). The fraction of sp³-hybridized carbons (Fsp3) is 0.235. The highest BCUT2D eigenvalue weighted by Gasteiger charge is 2.23. The van der Waals surface area contributed by atoms with Crippen LogP contribution in [0.2, 0.25) is 0 Å². The predicted octanol–water partition coefficient (Wildman–Crippen LogP) is 2.48. The maximum absolute atomic E-state index is 12.5. The van der Waals surface area contributed by atoms with Crippen molar-refractivity contribution in [3.05, 3.63) is 59.2 Å². The average molecular weight is 282 g/mol. The van der Waals surface area contributed by atoms with Crippen molar-refractivity contribution in [2.75, 3.05) is 19.4 Å². The molecule has 0 aromatic heterocycles. The molecule has 1 aliphatic rings. The van der Waals surface area contributed by atoms with E-state index in [0.29, 0.717) is 18.0 Å². The lowest BCUT2D eigenvalue weighted by molar-refractivity contribution is 0.0727. The molecular weight excluding hydrogens is 264 g/mol. The Labute approximate surface area is 124 Å². The van der Waals surface area contributed by atoms with Crippen molar-refractivity contribution < 1.29 is 9.53 Å². The van der Waals surface area contributed by atoms with Gasteiger partial charge in [0, 0.05) is 18.7 Å². The Hall–Kier alpha value is -2.49. The Kier molecular flexibility index (Phi) is 3.52. The Morgan fingerprint density at radius 3 is 2.81 bits per heavy atom. The zero-order chi connectivity index (χ0) is 14.8. The number of fused-ring (bicyclic) bond motifs is 1. The van der Waals surface area contributed by atoms with Crippen molar-refractivity contribution in [1.82, 2.24) is 4.90 Å². The van der Waals surface area contributed by atoms with E-state index in [9.17, 15) is 4.79 Å². The molecule has 0 aliphatic carbocycles. The van der Waals surface area contributed by atoms with E-state index in [4.69, 9.17) is 10.5 Å². The molecule has 0 atom stereocenters. The predicted molar refractivity (Wildman–Crippen MR) is 82.3 cm³/mol. The van der Waals surface area contributed by atoms with Crippen LogP contribution in [0, 0.1) is 0 Å². The van der Waals surface area contributed by atoms with Crippen molar-refractivity contribution in [3.63, 3.8) is 0 Å². The van der Waals surface area contributed by atoms with Crippen LogP contribution in [0.4, 0.5) is 5.69 Å². The first-order valence-corrected chi connectivity index (χ1v) is 6.98. The molecule has 2 N–H and O–H groups in total. The Morgan fingerprint density at radius 1 is 1.24 bits per heavy atom. The molecule has 1 aliphatic heterocycles. The van der Waals surface area contributed by atoms with Crippen LogP contribution in [0.3, 0.4) is 0 Å². The van der Waals surface area contributed by atoms with Crippen LogP contribution >= 0.6 is 0 Å². The third-order valence-electron chi connectivity index (χ3n) is 3.85. The molecular formula is C17H18N2O2. The van der Waals surface area contributed by atoms with Crippen LogP contribution in [0.15, 0.2) is 42.5 Å². The monoisotopic (exact) mass is 282 g/mol. The summed E-state index contributed by atoms with van der Waals surface area (Å²) in [5.74, 6) is 0.750. The lowest BCUT2D eigenvalue weighted by atomic mass is 9.98. The SMILES string of the molecule is COc1ccc(CN2CCc3ccccc3C2=O)cc1N. The molecule has 2 aromatic rings. The zero-order valence-electron chi connectivity index (χ0n) is 12.0. The molecule has 0 saturated heterocycles. The quantitative estimate of drug-likeness (QED) is 0.880. The van der Waals surface area contributed by atoms with E-state index >= 15 is 0 Å². The maximum atomic E-state index is 12.5. The highest BCUT2D eigenvalue weighted by molar-refractivity contribution is 5.96. The first-order chi connectivity index (χ1) is 10.2. The van der Waals surface area contributed by atoms with E-state index in [2.05, 4.69) is 0 Å². The standard InChI is InChI=1S/C17H18N2O2/c1-21-16-7-6-12(10-15(16)18)11-19-9-8-13-4-2-3-5-14(13)17(19)20/h2-7,10H,8-9,11,18H2,1H3.